The van der Waals surface area contributed by atoms with Gasteiger partial charge in [0.25, 0.3) is 0 Å². The van der Waals surface area contributed by atoms with Gasteiger partial charge in [0.15, 0.2) is 0 Å². The van der Waals surface area contributed by atoms with Gasteiger partial charge >= 0.3 is 0 Å². The van der Waals surface area contributed by atoms with Gasteiger partial charge in [0, 0.05) is 12.6 Å². The normalized spacial score (nSPS) is 20.1. The quantitative estimate of drug-likeness (QED) is 0.881. The summed E-state index contributed by atoms with van der Waals surface area (Å²) < 4.78 is 0. The Kier molecular flexibility index (Phi) is 5.38. The summed E-state index contributed by atoms with van der Waals surface area (Å²) in [5.41, 5.74) is 2.02. The molecule has 1 saturated heterocycles. The number of likely N-dealkylation sites (tertiary alicyclic amines) is 1. The highest BCUT2D eigenvalue weighted by Gasteiger charge is 2.21. The van der Waals surface area contributed by atoms with E-state index < -0.39 is 0 Å². The van der Waals surface area contributed by atoms with Gasteiger partial charge in [-0.1, -0.05) is 18.6 Å². The number of piperidine rings is 1. The van der Waals surface area contributed by atoms with Gasteiger partial charge in [-0.25, -0.2) is 0 Å². The fourth-order valence-corrected chi connectivity index (χ4v) is 2.88. The zero-order chi connectivity index (χ0) is 13.5. The average Bonchev–Trinajstić information content (AvgIpc) is 2.46. The van der Waals surface area contributed by atoms with E-state index in [2.05, 4.69) is 22.4 Å². The first-order valence-corrected chi connectivity index (χ1v) is 7.21. The topological polar surface area (TPSA) is 39.1 Å². The van der Waals surface area contributed by atoms with Gasteiger partial charge < -0.3 is 5.32 Å². The molecule has 0 amide bonds. The summed E-state index contributed by atoms with van der Waals surface area (Å²) in [7, 11) is 2.02. The van der Waals surface area contributed by atoms with Gasteiger partial charge in [-0.15, -0.1) is 0 Å². The van der Waals surface area contributed by atoms with Crippen LogP contribution in [-0.2, 0) is 6.54 Å². The van der Waals surface area contributed by atoms with Crippen molar-refractivity contribution in [3.63, 3.8) is 0 Å². The third-order valence-electron chi connectivity index (χ3n) is 3.92. The van der Waals surface area contributed by atoms with Gasteiger partial charge in [0.05, 0.1) is 11.6 Å². The molecule has 0 saturated carbocycles. The Morgan fingerprint density at radius 2 is 2.32 bits per heavy atom. The summed E-state index contributed by atoms with van der Waals surface area (Å²) >= 11 is 0. The molecule has 0 radical (unpaired) electrons. The first-order chi connectivity index (χ1) is 9.33. The molecule has 0 aromatic heterocycles. The van der Waals surface area contributed by atoms with Crippen LogP contribution >= 0.6 is 0 Å². The minimum Gasteiger partial charge on any atom is -0.320 e. The Morgan fingerprint density at radius 1 is 1.42 bits per heavy atom. The van der Waals surface area contributed by atoms with E-state index in [0.29, 0.717) is 6.04 Å². The number of nitriles is 1. The first-order valence-electron chi connectivity index (χ1n) is 7.21. The number of hydrogen-bond donors (Lipinski definition) is 1. The van der Waals surface area contributed by atoms with Gasteiger partial charge in [-0.05, 0) is 57.1 Å². The van der Waals surface area contributed by atoms with Crippen LogP contribution < -0.4 is 5.32 Å². The smallest absolute Gasteiger partial charge is 0.0991 e. The van der Waals surface area contributed by atoms with Crippen LogP contribution in [0.2, 0.25) is 0 Å². The highest BCUT2D eigenvalue weighted by atomic mass is 15.2. The Morgan fingerprint density at radius 3 is 3.11 bits per heavy atom. The molecule has 19 heavy (non-hydrogen) atoms. The van der Waals surface area contributed by atoms with Crippen LogP contribution in [-0.4, -0.2) is 31.1 Å². The molecule has 1 aliphatic rings. The highest BCUT2D eigenvalue weighted by molar-refractivity contribution is 5.32. The molecular weight excluding hydrogens is 234 g/mol. The van der Waals surface area contributed by atoms with E-state index in [4.69, 9.17) is 5.26 Å². The second kappa shape index (κ2) is 7.28. The lowest BCUT2D eigenvalue weighted by atomic mass is 9.98. The van der Waals surface area contributed by atoms with Crippen molar-refractivity contribution >= 4 is 0 Å². The number of benzene rings is 1. The van der Waals surface area contributed by atoms with Crippen LogP contribution in [0.3, 0.4) is 0 Å². The fraction of sp³-hybridized carbons (Fsp3) is 0.562. The van der Waals surface area contributed by atoms with Gasteiger partial charge in [0.2, 0.25) is 0 Å². The predicted octanol–water partition coefficient (Wildman–Crippen LogP) is 2.52. The lowest BCUT2D eigenvalue weighted by molar-refractivity contribution is 0.132. The second-order valence-electron chi connectivity index (χ2n) is 5.32. The zero-order valence-electron chi connectivity index (χ0n) is 11.7. The van der Waals surface area contributed by atoms with Crippen molar-refractivity contribution in [2.24, 2.45) is 0 Å². The third kappa shape index (κ3) is 4.05. The summed E-state index contributed by atoms with van der Waals surface area (Å²) in [6.45, 7) is 3.24. The molecule has 1 aromatic carbocycles. The van der Waals surface area contributed by atoms with E-state index in [-0.39, 0.29) is 0 Å². The summed E-state index contributed by atoms with van der Waals surface area (Å²) in [4.78, 5) is 2.58. The Hall–Kier alpha value is -1.37. The third-order valence-corrected chi connectivity index (χ3v) is 3.92. The van der Waals surface area contributed by atoms with Crippen LogP contribution in [0.4, 0.5) is 0 Å². The van der Waals surface area contributed by atoms with Gasteiger partial charge in [-0.3, -0.25) is 4.90 Å². The standard InChI is InChI=1S/C16H23N3/c1-18-9-8-16-7-2-3-10-19(16)13-15-6-4-5-14(11-15)12-17/h4-6,11,16,18H,2-3,7-10,13H2,1H3. The van der Waals surface area contributed by atoms with Crippen LogP contribution in [0.5, 0.6) is 0 Å². The SMILES string of the molecule is CNCCC1CCCCN1Cc1cccc(C#N)c1. The lowest BCUT2D eigenvalue weighted by Gasteiger charge is -2.36. The van der Waals surface area contributed by atoms with Crippen molar-refractivity contribution in [3.8, 4) is 6.07 Å². The number of nitrogens with zero attached hydrogens (tertiary/aromatic N) is 2. The van der Waals surface area contributed by atoms with Crippen molar-refractivity contribution in [2.75, 3.05) is 20.1 Å². The molecule has 1 unspecified atom stereocenters. The van der Waals surface area contributed by atoms with Crippen molar-refractivity contribution in [1.82, 2.24) is 10.2 Å². The molecule has 2 rings (SSSR count). The van der Waals surface area contributed by atoms with Crippen LogP contribution in [0, 0.1) is 11.3 Å². The summed E-state index contributed by atoms with van der Waals surface area (Å²) in [5, 5.41) is 12.2. The lowest BCUT2D eigenvalue weighted by Crippen LogP contribution is -2.40. The Labute approximate surface area is 116 Å². The maximum absolute atomic E-state index is 8.96. The minimum absolute atomic E-state index is 0.687. The van der Waals surface area contributed by atoms with Crippen molar-refractivity contribution in [3.05, 3.63) is 35.4 Å². The van der Waals surface area contributed by atoms with E-state index in [1.165, 1.54) is 37.8 Å². The van der Waals surface area contributed by atoms with E-state index in [1.54, 1.807) is 0 Å². The van der Waals surface area contributed by atoms with E-state index in [1.807, 2.05) is 25.2 Å². The van der Waals surface area contributed by atoms with E-state index >= 15 is 0 Å². The minimum atomic E-state index is 0.687. The number of hydrogen-bond acceptors (Lipinski definition) is 3. The molecule has 1 aliphatic heterocycles. The zero-order valence-corrected chi connectivity index (χ0v) is 11.7. The molecule has 3 nitrogen and oxygen atoms in total. The molecule has 0 aliphatic carbocycles. The van der Waals surface area contributed by atoms with E-state index in [9.17, 15) is 0 Å². The maximum atomic E-state index is 8.96. The molecule has 0 bridgehead atoms. The van der Waals surface area contributed by atoms with Crippen molar-refractivity contribution < 1.29 is 0 Å². The molecule has 102 valence electrons. The van der Waals surface area contributed by atoms with Crippen LogP contribution in [0.25, 0.3) is 0 Å². The monoisotopic (exact) mass is 257 g/mol. The number of nitrogens with one attached hydrogen (secondary N) is 1. The largest absolute Gasteiger partial charge is 0.320 e. The van der Waals surface area contributed by atoms with Gasteiger partial charge in [-0.2, -0.15) is 5.26 Å². The molecular formula is C16H23N3. The van der Waals surface area contributed by atoms with Crippen molar-refractivity contribution in [2.45, 2.75) is 38.3 Å². The van der Waals surface area contributed by atoms with Crippen LogP contribution in [0.15, 0.2) is 24.3 Å². The molecule has 3 heteroatoms. The first kappa shape index (κ1) is 14.0. The molecule has 1 N–H and O–H groups in total. The number of rotatable bonds is 5. The molecule has 0 spiro atoms. The van der Waals surface area contributed by atoms with Crippen molar-refractivity contribution in [1.29, 1.82) is 5.26 Å². The predicted molar refractivity (Wildman–Crippen MR) is 77.7 cm³/mol. The fourth-order valence-electron chi connectivity index (χ4n) is 2.88. The van der Waals surface area contributed by atoms with Gasteiger partial charge in [0.1, 0.15) is 0 Å². The molecule has 1 aromatic rings. The van der Waals surface area contributed by atoms with E-state index in [0.717, 1.165) is 18.7 Å². The van der Waals surface area contributed by atoms with Crippen LogP contribution in [0.1, 0.15) is 36.8 Å². The molecule has 1 atom stereocenters. The Bertz CT molecular complexity index is 436. The molecule has 1 fully saturated rings. The summed E-state index contributed by atoms with van der Waals surface area (Å²) in [6, 6.07) is 10.9. The average molecular weight is 257 g/mol. The Balaban J connectivity index is 2.00. The molecule has 1 heterocycles. The highest BCUT2D eigenvalue weighted by Crippen LogP contribution is 2.22. The summed E-state index contributed by atoms with van der Waals surface area (Å²) in [6.07, 6.45) is 5.17. The maximum Gasteiger partial charge on any atom is 0.0991 e. The second-order valence-corrected chi connectivity index (χ2v) is 5.32. The summed E-state index contributed by atoms with van der Waals surface area (Å²) in [5.74, 6) is 0.